The van der Waals surface area contributed by atoms with Gasteiger partial charge >= 0.3 is 6.03 Å². The van der Waals surface area contributed by atoms with Gasteiger partial charge in [0.1, 0.15) is 5.82 Å². The summed E-state index contributed by atoms with van der Waals surface area (Å²) in [5.41, 5.74) is 2.41. The number of H-pyrrole nitrogens is 1. The number of piperazine rings is 1. The SMILES string of the molecule is Cc1nc2ccc(C(=O)N3CCN(C(=O)NC4CCCCC4)CC3)cc2[nH]1. The van der Waals surface area contributed by atoms with Crippen molar-refractivity contribution in [1.29, 1.82) is 0 Å². The van der Waals surface area contributed by atoms with Gasteiger partial charge in [0, 0.05) is 37.8 Å². The van der Waals surface area contributed by atoms with Gasteiger partial charge in [-0.2, -0.15) is 0 Å². The minimum atomic E-state index is 0.0106. The molecule has 144 valence electrons. The van der Waals surface area contributed by atoms with E-state index < -0.39 is 0 Å². The van der Waals surface area contributed by atoms with Crippen molar-refractivity contribution in [2.45, 2.75) is 45.1 Å². The maximum Gasteiger partial charge on any atom is 0.317 e. The van der Waals surface area contributed by atoms with Crippen LogP contribution in [0.2, 0.25) is 0 Å². The molecule has 0 bridgehead atoms. The molecule has 1 aliphatic carbocycles. The van der Waals surface area contributed by atoms with Gasteiger partial charge in [0.2, 0.25) is 0 Å². The van der Waals surface area contributed by atoms with Crippen molar-refractivity contribution in [2.75, 3.05) is 26.2 Å². The molecular weight excluding hydrogens is 342 g/mol. The number of urea groups is 1. The monoisotopic (exact) mass is 369 g/mol. The zero-order valence-corrected chi connectivity index (χ0v) is 15.8. The van der Waals surface area contributed by atoms with Gasteiger partial charge in [0.15, 0.2) is 0 Å². The summed E-state index contributed by atoms with van der Waals surface area (Å²) in [4.78, 5) is 36.5. The van der Waals surface area contributed by atoms with Gasteiger partial charge in [-0.05, 0) is 38.0 Å². The Kier molecular flexibility index (Phi) is 5.01. The molecule has 1 aromatic heterocycles. The minimum absolute atomic E-state index is 0.0106. The number of aryl methyl sites for hydroxylation is 1. The quantitative estimate of drug-likeness (QED) is 0.854. The summed E-state index contributed by atoms with van der Waals surface area (Å²) < 4.78 is 0. The lowest BCUT2D eigenvalue weighted by atomic mass is 9.96. The van der Waals surface area contributed by atoms with E-state index in [2.05, 4.69) is 15.3 Å². The van der Waals surface area contributed by atoms with Crippen molar-refractivity contribution in [1.82, 2.24) is 25.1 Å². The number of aromatic amines is 1. The number of nitrogens with one attached hydrogen (secondary N) is 2. The second-order valence-electron chi connectivity index (χ2n) is 7.62. The van der Waals surface area contributed by atoms with Crippen LogP contribution in [0.25, 0.3) is 11.0 Å². The summed E-state index contributed by atoms with van der Waals surface area (Å²) in [5.74, 6) is 0.851. The molecular formula is C20H27N5O2. The van der Waals surface area contributed by atoms with Gasteiger partial charge < -0.3 is 20.1 Å². The maximum atomic E-state index is 12.8. The van der Waals surface area contributed by atoms with E-state index in [1.165, 1.54) is 19.3 Å². The number of rotatable bonds is 2. The Balaban J connectivity index is 1.33. The third-order valence-electron chi connectivity index (χ3n) is 5.63. The van der Waals surface area contributed by atoms with E-state index in [1.54, 1.807) is 0 Å². The van der Waals surface area contributed by atoms with E-state index in [0.29, 0.717) is 37.8 Å². The lowest BCUT2D eigenvalue weighted by Gasteiger charge is -2.36. The molecule has 7 heteroatoms. The molecule has 2 aliphatic rings. The van der Waals surface area contributed by atoms with Crippen molar-refractivity contribution in [2.24, 2.45) is 0 Å². The second kappa shape index (κ2) is 7.58. The van der Waals surface area contributed by atoms with E-state index in [9.17, 15) is 9.59 Å². The average molecular weight is 369 g/mol. The molecule has 0 radical (unpaired) electrons. The Morgan fingerprint density at radius 1 is 1.07 bits per heavy atom. The molecule has 4 rings (SSSR count). The van der Waals surface area contributed by atoms with E-state index in [-0.39, 0.29) is 11.9 Å². The molecule has 3 amide bonds. The number of benzene rings is 1. The van der Waals surface area contributed by atoms with Crippen molar-refractivity contribution < 1.29 is 9.59 Å². The van der Waals surface area contributed by atoms with Crippen LogP contribution in [0.5, 0.6) is 0 Å². The van der Waals surface area contributed by atoms with Crippen LogP contribution >= 0.6 is 0 Å². The van der Waals surface area contributed by atoms with Crippen molar-refractivity contribution in [3.63, 3.8) is 0 Å². The minimum Gasteiger partial charge on any atom is -0.342 e. The third-order valence-corrected chi connectivity index (χ3v) is 5.63. The van der Waals surface area contributed by atoms with Crippen LogP contribution in [0.4, 0.5) is 4.79 Å². The van der Waals surface area contributed by atoms with Crippen LogP contribution in [-0.4, -0.2) is 63.9 Å². The predicted molar refractivity (Wildman–Crippen MR) is 104 cm³/mol. The number of hydrogen-bond acceptors (Lipinski definition) is 3. The number of amides is 3. The molecule has 0 atom stereocenters. The molecule has 1 aliphatic heterocycles. The summed E-state index contributed by atoms with van der Waals surface area (Å²) in [6.45, 7) is 4.19. The van der Waals surface area contributed by atoms with Crippen LogP contribution in [-0.2, 0) is 0 Å². The molecule has 2 aromatic rings. The van der Waals surface area contributed by atoms with Gasteiger partial charge in [0.05, 0.1) is 11.0 Å². The van der Waals surface area contributed by atoms with E-state index in [4.69, 9.17) is 0 Å². The lowest BCUT2D eigenvalue weighted by Crippen LogP contribution is -2.54. The molecule has 2 fully saturated rings. The molecule has 1 aromatic carbocycles. The third kappa shape index (κ3) is 3.91. The molecule has 27 heavy (non-hydrogen) atoms. The highest BCUT2D eigenvalue weighted by Crippen LogP contribution is 2.18. The number of fused-ring (bicyclic) bond motifs is 1. The number of hydrogen-bond donors (Lipinski definition) is 2. The Hall–Kier alpha value is -2.57. The molecule has 0 spiro atoms. The summed E-state index contributed by atoms with van der Waals surface area (Å²) in [7, 11) is 0. The van der Waals surface area contributed by atoms with Gasteiger partial charge in [-0.25, -0.2) is 9.78 Å². The lowest BCUT2D eigenvalue weighted by molar-refractivity contribution is 0.0662. The zero-order chi connectivity index (χ0) is 18.8. The van der Waals surface area contributed by atoms with Crippen molar-refractivity contribution in [3.8, 4) is 0 Å². The molecule has 2 heterocycles. The van der Waals surface area contributed by atoms with Gasteiger partial charge in [-0.3, -0.25) is 4.79 Å². The maximum absolute atomic E-state index is 12.8. The van der Waals surface area contributed by atoms with Crippen molar-refractivity contribution in [3.05, 3.63) is 29.6 Å². The Labute approximate surface area is 159 Å². The first kappa shape index (κ1) is 17.8. The topological polar surface area (TPSA) is 81.3 Å². The Morgan fingerprint density at radius 3 is 2.52 bits per heavy atom. The molecule has 1 saturated heterocycles. The Morgan fingerprint density at radius 2 is 1.78 bits per heavy atom. The molecule has 1 saturated carbocycles. The van der Waals surface area contributed by atoms with Crippen LogP contribution < -0.4 is 5.32 Å². The fourth-order valence-corrected chi connectivity index (χ4v) is 4.08. The summed E-state index contributed by atoms with van der Waals surface area (Å²) in [5, 5.41) is 3.16. The number of carbonyl (C=O) groups excluding carboxylic acids is 2. The number of imidazole rings is 1. The largest absolute Gasteiger partial charge is 0.342 e. The number of nitrogens with zero attached hydrogens (tertiary/aromatic N) is 3. The van der Waals surface area contributed by atoms with Crippen LogP contribution in [0, 0.1) is 6.92 Å². The van der Waals surface area contributed by atoms with Crippen LogP contribution in [0.1, 0.15) is 48.3 Å². The van der Waals surface area contributed by atoms with Gasteiger partial charge in [0.25, 0.3) is 5.91 Å². The second-order valence-corrected chi connectivity index (χ2v) is 7.62. The first-order valence-electron chi connectivity index (χ1n) is 9.91. The highest BCUT2D eigenvalue weighted by Gasteiger charge is 2.26. The fraction of sp³-hybridized carbons (Fsp3) is 0.550. The zero-order valence-electron chi connectivity index (χ0n) is 15.8. The fourth-order valence-electron chi connectivity index (χ4n) is 4.08. The van der Waals surface area contributed by atoms with Crippen molar-refractivity contribution >= 4 is 23.0 Å². The molecule has 0 unspecified atom stereocenters. The highest BCUT2D eigenvalue weighted by atomic mass is 16.2. The summed E-state index contributed by atoms with van der Waals surface area (Å²) in [6.07, 6.45) is 5.84. The van der Waals surface area contributed by atoms with Gasteiger partial charge in [-0.15, -0.1) is 0 Å². The number of aromatic nitrogens is 2. The highest BCUT2D eigenvalue weighted by molar-refractivity contribution is 5.97. The van der Waals surface area contributed by atoms with E-state index in [0.717, 1.165) is 29.7 Å². The summed E-state index contributed by atoms with van der Waals surface area (Å²) in [6, 6.07) is 5.89. The van der Waals surface area contributed by atoms with E-state index in [1.807, 2.05) is 34.9 Å². The predicted octanol–water partition coefficient (Wildman–Crippen LogP) is 2.67. The normalized spacial score (nSPS) is 18.7. The first-order valence-corrected chi connectivity index (χ1v) is 9.91. The van der Waals surface area contributed by atoms with E-state index >= 15 is 0 Å². The molecule has 2 N–H and O–H groups in total. The standard InChI is InChI=1S/C20H27N5O2/c1-14-21-17-8-7-15(13-18(17)22-14)19(26)24-9-11-25(12-10-24)20(27)23-16-5-3-2-4-6-16/h7-8,13,16H,2-6,9-12H2,1H3,(H,21,22)(H,23,27). The Bertz CT molecular complexity index is 832. The first-order chi connectivity index (χ1) is 13.1. The van der Waals surface area contributed by atoms with Gasteiger partial charge in [-0.1, -0.05) is 19.3 Å². The van der Waals surface area contributed by atoms with Crippen LogP contribution in [0.3, 0.4) is 0 Å². The van der Waals surface area contributed by atoms with Crippen LogP contribution in [0.15, 0.2) is 18.2 Å². The number of carbonyl (C=O) groups is 2. The smallest absolute Gasteiger partial charge is 0.317 e. The molecule has 7 nitrogen and oxygen atoms in total. The average Bonchev–Trinajstić information content (AvgIpc) is 3.07. The summed E-state index contributed by atoms with van der Waals surface area (Å²) >= 11 is 0.